The van der Waals surface area contributed by atoms with Crippen LogP contribution in [-0.4, -0.2) is 73.5 Å². The van der Waals surface area contributed by atoms with Gasteiger partial charge in [-0.25, -0.2) is 9.59 Å². The number of carboxylic acid groups (broad SMARTS) is 1. The van der Waals surface area contributed by atoms with E-state index in [4.69, 9.17) is 20.3 Å². The van der Waals surface area contributed by atoms with E-state index in [-0.39, 0.29) is 25.0 Å². The molecule has 1 heterocycles. The molecule has 3 unspecified atom stereocenters. The van der Waals surface area contributed by atoms with E-state index >= 15 is 0 Å². The van der Waals surface area contributed by atoms with Gasteiger partial charge in [0.25, 0.3) is 0 Å². The third kappa shape index (κ3) is 4.87. The minimum absolute atomic E-state index is 0.0499. The zero-order valence-electron chi connectivity index (χ0n) is 12.1. The molecule has 120 valence electrons. The number of nitrogens with one attached hydrogen (secondary N) is 1. The number of carbonyl (C=O) groups excluding carboxylic acids is 2. The highest BCUT2D eigenvalue weighted by molar-refractivity contribution is 5.83. The third-order valence-electron chi connectivity index (χ3n) is 3.38. The molecule has 3 atom stereocenters. The van der Waals surface area contributed by atoms with Crippen LogP contribution in [0, 0.1) is 0 Å². The number of carboxylic acids is 1. The van der Waals surface area contributed by atoms with Gasteiger partial charge in [0.2, 0.25) is 5.91 Å². The van der Waals surface area contributed by atoms with Crippen molar-refractivity contribution in [1.29, 1.82) is 0 Å². The quantitative estimate of drug-likeness (QED) is 0.539. The lowest BCUT2D eigenvalue weighted by Crippen LogP contribution is -2.48. The lowest BCUT2D eigenvalue weighted by Gasteiger charge is -2.20. The summed E-state index contributed by atoms with van der Waals surface area (Å²) in [7, 11) is 3.04. The maximum Gasteiger partial charge on any atom is 0.326 e. The Morgan fingerprint density at radius 3 is 2.19 bits per heavy atom. The predicted octanol–water partition coefficient (Wildman–Crippen LogP) is -1.24. The van der Waals surface area contributed by atoms with Gasteiger partial charge in [-0.15, -0.1) is 0 Å². The van der Waals surface area contributed by atoms with Crippen LogP contribution in [0.15, 0.2) is 0 Å². The molecular formula is C12H21N3O6. The summed E-state index contributed by atoms with van der Waals surface area (Å²) in [5, 5.41) is 11.4. The molecule has 1 aliphatic rings. The van der Waals surface area contributed by atoms with Crippen LogP contribution in [-0.2, 0) is 19.1 Å². The van der Waals surface area contributed by atoms with Gasteiger partial charge < -0.3 is 30.5 Å². The van der Waals surface area contributed by atoms with Gasteiger partial charge in [0, 0.05) is 20.6 Å². The van der Waals surface area contributed by atoms with Crippen molar-refractivity contribution in [2.75, 3.05) is 27.3 Å². The number of methoxy groups -OCH3 is 2. The van der Waals surface area contributed by atoms with Crippen LogP contribution in [0.3, 0.4) is 0 Å². The fourth-order valence-electron chi connectivity index (χ4n) is 2.15. The van der Waals surface area contributed by atoms with Gasteiger partial charge in [-0.2, -0.15) is 0 Å². The van der Waals surface area contributed by atoms with Gasteiger partial charge in [0.05, 0.1) is 13.1 Å². The number of rotatable bonds is 7. The first-order valence-electron chi connectivity index (χ1n) is 6.51. The molecule has 0 aromatic rings. The van der Waals surface area contributed by atoms with Crippen LogP contribution < -0.4 is 11.1 Å². The zero-order chi connectivity index (χ0) is 16.0. The van der Waals surface area contributed by atoms with E-state index in [0.717, 1.165) is 0 Å². The number of urea groups is 1. The maximum absolute atomic E-state index is 12.1. The van der Waals surface area contributed by atoms with E-state index in [2.05, 4.69) is 5.32 Å². The van der Waals surface area contributed by atoms with Crippen molar-refractivity contribution in [3.8, 4) is 0 Å². The van der Waals surface area contributed by atoms with E-state index in [0.29, 0.717) is 13.1 Å². The van der Waals surface area contributed by atoms with Crippen molar-refractivity contribution in [3.05, 3.63) is 0 Å². The average Bonchev–Trinajstić information content (AvgIpc) is 2.85. The summed E-state index contributed by atoms with van der Waals surface area (Å²) in [5.74, 6) is -1.83. The Balaban J connectivity index is 2.57. The molecule has 3 amide bonds. The molecule has 0 aromatic carbocycles. The van der Waals surface area contributed by atoms with Gasteiger partial charge in [0.15, 0.2) is 0 Å². The molecule has 1 fully saturated rings. The SMILES string of the molecule is COC1CN(C(=O)NC(CCC(N)=O)C(=O)O)CC1OC. The molecule has 1 aliphatic heterocycles. The van der Waals surface area contributed by atoms with E-state index in [1.807, 2.05) is 0 Å². The minimum atomic E-state index is -1.21. The van der Waals surface area contributed by atoms with Crippen molar-refractivity contribution in [2.45, 2.75) is 31.1 Å². The lowest BCUT2D eigenvalue weighted by molar-refractivity contribution is -0.139. The monoisotopic (exact) mass is 303 g/mol. The van der Waals surface area contributed by atoms with E-state index < -0.39 is 23.9 Å². The van der Waals surface area contributed by atoms with Crippen LogP contribution in [0.4, 0.5) is 4.79 Å². The van der Waals surface area contributed by atoms with E-state index in [9.17, 15) is 14.4 Å². The van der Waals surface area contributed by atoms with Gasteiger partial charge >= 0.3 is 12.0 Å². The number of primary amides is 1. The Hall–Kier alpha value is -1.87. The summed E-state index contributed by atoms with van der Waals surface area (Å²) >= 11 is 0. The Labute approximate surface area is 122 Å². The number of hydrogen-bond donors (Lipinski definition) is 3. The van der Waals surface area contributed by atoms with Gasteiger partial charge in [-0.1, -0.05) is 0 Å². The molecule has 0 spiro atoms. The molecule has 4 N–H and O–H groups in total. The summed E-state index contributed by atoms with van der Waals surface area (Å²) in [4.78, 5) is 35.2. The van der Waals surface area contributed by atoms with E-state index in [1.165, 1.54) is 19.1 Å². The highest BCUT2D eigenvalue weighted by Gasteiger charge is 2.36. The van der Waals surface area contributed by atoms with Crippen molar-refractivity contribution in [2.24, 2.45) is 5.73 Å². The fraction of sp³-hybridized carbons (Fsp3) is 0.750. The molecular weight excluding hydrogens is 282 g/mol. The number of ether oxygens (including phenoxy) is 2. The zero-order valence-corrected chi connectivity index (χ0v) is 12.1. The first-order chi connectivity index (χ1) is 9.88. The summed E-state index contributed by atoms with van der Waals surface area (Å²) in [6.07, 6.45) is -0.672. The second-order valence-corrected chi connectivity index (χ2v) is 4.80. The van der Waals surface area contributed by atoms with Crippen molar-refractivity contribution in [1.82, 2.24) is 10.2 Å². The molecule has 9 heteroatoms. The van der Waals surface area contributed by atoms with Crippen LogP contribution in [0.25, 0.3) is 0 Å². The minimum Gasteiger partial charge on any atom is -0.480 e. The van der Waals surface area contributed by atoms with Crippen molar-refractivity contribution >= 4 is 17.9 Å². The summed E-state index contributed by atoms with van der Waals surface area (Å²) in [6.45, 7) is 0.617. The second kappa shape index (κ2) is 7.79. The van der Waals surface area contributed by atoms with Crippen molar-refractivity contribution < 1.29 is 29.0 Å². The topological polar surface area (TPSA) is 131 Å². The van der Waals surface area contributed by atoms with Crippen LogP contribution >= 0.6 is 0 Å². The Bertz CT molecular complexity index is 390. The third-order valence-corrected chi connectivity index (χ3v) is 3.38. The number of likely N-dealkylation sites (tertiary alicyclic amines) is 1. The number of nitrogens with two attached hydrogens (primary N) is 1. The number of hydrogen-bond acceptors (Lipinski definition) is 5. The molecule has 0 aliphatic carbocycles. The largest absolute Gasteiger partial charge is 0.480 e. The highest BCUT2D eigenvalue weighted by Crippen LogP contribution is 2.16. The fourth-order valence-corrected chi connectivity index (χ4v) is 2.15. The van der Waals surface area contributed by atoms with Gasteiger partial charge in [-0.3, -0.25) is 4.79 Å². The van der Waals surface area contributed by atoms with Gasteiger partial charge in [0.1, 0.15) is 18.2 Å². The second-order valence-electron chi connectivity index (χ2n) is 4.80. The van der Waals surface area contributed by atoms with Crippen LogP contribution in [0.2, 0.25) is 0 Å². The molecule has 1 rings (SSSR count). The highest BCUT2D eigenvalue weighted by atomic mass is 16.5. The smallest absolute Gasteiger partial charge is 0.326 e. The number of nitrogens with zero attached hydrogens (tertiary/aromatic N) is 1. The molecule has 0 aromatic heterocycles. The van der Waals surface area contributed by atoms with Crippen LogP contribution in [0.5, 0.6) is 0 Å². The number of aliphatic carboxylic acids is 1. The summed E-state index contributed by atoms with van der Waals surface area (Å²) in [5.41, 5.74) is 4.98. The molecule has 21 heavy (non-hydrogen) atoms. The standard InChI is InChI=1S/C12H21N3O6/c1-20-8-5-15(6-9(8)21-2)12(19)14-7(11(17)18)3-4-10(13)16/h7-9H,3-6H2,1-2H3,(H2,13,16)(H,14,19)(H,17,18). The number of carbonyl (C=O) groups is 3. The lowest BCUT2D eigenvalue weighted by atomic mass is 10.1. The first-order valence-corrected chi connectivity index (χ1v) is 6.51. The summed E-state index contributed by atoms with van der Waals surface area (Å²) < 4.78 is 10.4. The summed E-state index contributed by atoms with van der Waals surface area (Å²) in [6, 6.07) is -1.69. The maximum atomic E-state index is 12.1. The Morgan fingerprint density at radius 1 is 1.29 bits per heavy atom. The Morgan fingerprint density at radius 2 is 1.81 bits per heavy atom. The molecule has 0 bridgehead atoms. The van der Waals surface area contributed by atoms with Crippen LogP contribution in [0.1, 0.15) is 12.8 Å². The van der Waals surface area contributed by atoms with Gasteiger partial charge in [-0.05, 0) is 6.42 Å². The molecule has 0 saturated carbocycles. The Kier molecular flexibility index (Phi) is 6.38. The number of amides is 3. The average molecular weight is 303 g/mol. The molecule has 1 saturated heterocycles. The predicted molar refractivity (Wildman–Crippen MR) is 71.6 cm³/mol. The normalized spacial score (nSPS) is 22.9. The van der Waals surface area contributed by atoms with Crippen molar-refractivity contribution in [3.63, 3.8) is 0 Å². The molecule has 9 nitrogen and oxygen atoms in total. The van der Waals surface area contributed by atoms with E-state index in [1.54, 1.807) is 0 Å². The first kappa shape index (κ1) is 17.2. The molecule has 0 radical (unpaired) electrons.